The molecule has 0 saturated carbocycles. The molecule has 5 nitrogen and oxygen atoms in total. The van der Waals surface area contributed by atoms with Crippen LogP contribution in [0.3, 0.4) is 0 Å². The van der Waals surface area contributed by atoms with Gasteiger partial charge in [-0.05, 0) is 30.7 Å². The summed E-state index contributed by atoms with van der Waals surface area (Å²) in [6, 6.07) is 31.5. The number of benzene rings is 3. The van der Waals surface area contributed by atoms with Crippen molar-refractivity contribution >= 4 is 5.82 Å². The molecule has 2 aromatic heterocycles. The maximum absolute atomic E-state index is 9.17. The van der Waals surface area contributed by atoms with Crippen molar-refractivity contribution < 1.29 is 20.1 Å². The molecule has 0 unspecified atom stereocenters. The number of hydrogen-bond acceptors (Lipinski definition) is 4. The van der Waals surface area contributed by atoms with E-state index in [0.29, 0.717) is 11.4 Å². The first-order valence-electron chi connectivity index (χ1n) is 11.4. The molecule has 0 aliphatic carbocycles. The van der Waals surface area contributed by atoms with Gasteiger partial charge < -0.3 is 9.83 Å². The van der Waals surface area contributed by atoms with Crippen molar-refractivity contribution in [2.24, 2.45) is 0 Å². The van der Waals surface area contributed by atoms with Crippen LogP contribution in [0, 0.1) is 37.8 Å². The Hall–Kier alpha value is -4.48. The van der Waals surface area contributed by atoms with Gasteiger partial charge in [-0.25, -0.2) is 0 Å². The van der Waals surface area contributed by atoms with Crippen molar-refractivity contribution in [3.8, 4) is 51.0 Å². The second kappa shape index (κ2) is 11.1. The average molecular weight is 655 g/mol. The second-order valence-electron chi connectivity index (χ2n) is 8.50. The van der Waals surface area contributed by atoms with Gasteiger partial charge in [0.2, 0.25) is 0 Å². The number of rotatable bonds is 4. The summed E-state index contributed by atoms with van der Waals surface area (Å²) < 4.78 is 0. The molecular weight excluding hydrogens is 635 g/mol. The Morgan fingerprint density at radius 1 is 0.838 bits per heavy atom. The van der Waals surface area contributed by atoms with Crippen LogP contribution in [-0.2, 0) is 20.1 Å². The maximum Gasteiger partial charge on any atom is 0.274 e. The molecule has 5 rings (SSSR count). The van der Waals surface area contributed by atoms with E-state index in [9.17, 15) is 0 Å². The predicted molar refractivity (Wildman–Crippen MR) is 141 cm³/mol. The van der Waals surface area contributed by atoms with E-state index in [1.165, 1.54) is 28.3 Å². The van der Waals surface area contributed by atoms with Crippen molar-refractivity contribution in [2.75, 3.05) is 0 Å². The van der Waals surface area contributed by atoms with Crippen LogP contribution in [0.1, 0.15) is 16.8 Å². The minimum absolute atomic E-state index is 0. The first kappa shape index (κ1) is 25.6. The zero-order valence-corrected chi connectivity index (χ0v) is 22.5. The fraction of sp³-hybridized carbons (Fsp3) is 0.0645. The molecule has 0 aliphatic heterocycles. The minimum Gasteiger partial charge on any atom is -0.360 e. The van der Waals surface area contributed by atoms with E-state index in [4.69, 9.17) is 11.8 Å². The number of hydrogen-bond donors (Lipinski definition) is 0. The molecule has 0 aliphatic rings. The zero-order valence-electron chi connectivity index (χ0n) is 20.2. The van der Waals surface area contributed by atoms with Crippen LogP contribution in [-0.4, -0.2) is 15.0 Å². The Kier molecular flexibility index (Phi) is 7.66. The van der Waals surface area contributed by atoms with Crippen LogP contribution in [0.2, 0.25) is 0 Å². The van der Waals surface area contributed by atoms with Gasteiger partial charge in [-0.1, -0.05) is 88.4 Å². The minimum atomic E-state index is 0. The van der Waals surface area contributed by atoms with Crippen molar-refractivity contribution in [1.82, 2.24) is 15.0 Å². The van der Waals surface area contributed by atoms with Gasteiger partial charge in [-0.3, -0.25) is 0 Å². The SMILES string of the molecule is [C-]#[N+]c1cc(C#N)nc(-c2ccc(-c3[c-]cc(-c4ccccc4-c4cc(C)cc(C)c4)cc3)nc2)n1.[Ir]. The number of nitriles is 1. The summed E-state index contributed by atoms with van der Waals surface area (Å²) >= 11 is 0. The van der Waals surface area contributed by atoms with E-state index in [-0.39, 0.29) is 31.6 Å². The van der Waals surface area contributed by atoms with Gasteiger partial charge in [0.1, 0.15) is 11.8 Å². The third-order valence-electron chi connectivity index (χ3n) is 5.82. The van der Waals surface area contributed by atoms with Crippen LogP contribution >= 0.6 is 0 Å². The summed E-state index contributed by atoms with van der Waals surface area (Å²) in [5.41, 5.74) is 9.52. The number of aryl methyl sites for hydroxylation is 2. The van der Waals surface area contributed by atoms with E-state index in [1.54, 1.807) is 6.20 Å². The first-order valence-corrected chi connectivity index (χ1v) is 11.4. The Bertz CT molecular complexity index is 1610. The smallest absolute Gasteiger partial charge is 0.274 e. The van der Waals surface area contributed by atoms with Crippen molar-refractivity contribution in [3.05, 3.63) is 119 Å². The van der Waals surface area contributed by atoms with Crippen LogP contribution in [0.4, 0.5) is 5.82 Å². The average Bonchev–Trinajstić information content (AvgIpc) is 2.92. The summed E-state index contributed by atoms with van der Waals surface area (Å²) in [7, 11) is 0. The monoisotopic (exact) mass is 655 g/mol. The molecule has 3 aromatic carbocycles. The van der Waals surface area contributed by atoms with Crippen LogP contribution in [0.15, 0.2) is 85.1 Å². The molecule has 0 bridgehead atoms. The summed E-state index contributed by atoms with van der Waals surface area (Å²) in [5, 5.41) is 9.17. The van der Waals surface area contributed by atoms with E-state index in [0.717, 1.165) is 22.4 Å². The Balaban J connectivity index is 0.00000320. The van der Waals surface area contributed by atoms with E-state index in [1.807, 2.05) is 30.3 Å². The number of aromatic nitrogens is 3. The van der Waals surface area contributed by atoms with E-state index < -0.39 is 0 Å². The summed E-state index contributed by atoms with van der Waals surface area (Å²) in [4.78, 5) is 16.3. The largest absolute Gasteiger partial charge is 0.360 e. The van der Waals surface area contributed by atoms with Crippen molar-refractivity contribution in [1.29, 1.82) is 5.26 Å². The maximum atomic E-state index is 9.17. The van der Waals surface area contributed by atoms with Gasteiger partial charge in [0.25, 0.3) is 11.6 Å². The molecular formula is C31H20IrN5-. The molecule has 37 heavy (non-hydrogen) atoms. The first-order chi connectivity index (χ1) is 17.5. The van der Waals surface area contributed by atoms with Gasteiger partial charge in [0, 0.05) is 32.4 Å². The molecule has 0 spiro atoms. The van der Waals surface area contributed by atoms with Gasteiger partial charge in [0.05, 0.1) is 5.56 Å². The third kappa shape index (κ3) is 5.52. The second-order valence-corrected chi connectivity index (χ2v) is 8.50. The molecule has 5 aromatic rings. The van der Waals surface area contributed by atoms with E-state index >= 15 is 0 Å². The van der Waals surface area contributed by atoms with Gasteiger partial charge in [-0.15, -0.1) is 29.8 Å². The molecule has 1 radical (unpaired) electrons. The molecule has 2 heterocycles. The normalized spacial score (nSPS) is 10.2. The van der Waals surface area contributed by atoms with Crippen molar-refractivity contribution in [2.45, 2.75) is 13.8 Å². The van der Waals surface area contributed by atoms with E-state index in [2.05, 4.69) is 88.2 Å². The zero-order chi connectivity index (χ0) is 25.1. The molecule has 0 saturated heterocycles. The van der Waals surface area contributed by atoms with Crippen LogP contribution < -0.4 is 0 Å². The molecule has 0 amide bonds. The fourth-order valence-electron chi connectivity index (χ4n) is 4.23. The Morgan fingerprint density at radius 3 is 2.14 bits per heavy atom. The summed E-state index contributed by atoms with van der Waals surface area (Å²) in [6.07, 6.45) is 1.65. The Morgan fingerprint density at radius 2 is 1.54 bits per heavy atom. The fourth-order valence-corrected chi connectivity index (χ4v) is 4.23. The van der Waals surface area contributed by atoms with Crippen molar-refractivity contribution in [3.63, 3.8) is 0 Å². The van der Waals surface area contributed by atoms with Gasteiger partial charge in [0.15, 0.2) is 0 Å². The topological polar surface area (TPSA) is 66.8 Å². The molecule has 0 atom stereocenters. The van der Waals surface area contributed by atoms with Crippen LogP contribution in [0.5, 0.6) is 0 Å². The molecule has 6 heteroatoms. The molecule has 0 N–H and O–H groups in total. The molecule has 179 valence electrons. The Labute approximate surface area is 229 Å². The quantitative estimate of drug-likeness (QED) is 0.190. The van der Waals surface area contributed by atoms with Crippen LogP contribution in [0.25, 0.3) is 49.7 Å². The number of pyridine rings is 1. The third-order valence-corrected chi connectivity index (χ3v) is 5.82. The van der Waals surface area contributed by atoms with Gasteiger partial charge >= 0.3 is 0 Å². The van der Waals surface area contributed by atoms with Gasteiger partial charge in [-0.2, -0.15) is 10.2 Å². The number of nitrogens with zero attached hydrogens (tertiary/aromatic N) is 5. The molecule has 0 fully saturated rings. The summed E-state index contributed by atoms with van der Waals surface area (Å²) in [6.45, 7) is 11.4. The standard InChI is InChI=1S/C31H20N5.Ir/c1-20-14-21(2)16-25(15-20)28-7-5-4-6-27(28)22-8-10-23(11-9-22)29-13-12-24(19-34-29)31-35-26(18-32)17-30(33-3)36-31;/h4-10,12-17,19H,1-2H3;/q-1;. The summed E-state index contributed by atoms with van der Waals surface area (Å²) in [5.74, 6) is 0.437. The predicted octanol–water partition coefficient (Wildman–Crippen LogP) is 7.38.